The van der Waals surface area contributed by atoms with Crippen LogP contribution in [0, 0.1) is 13.8 Å². The zero-order valence-corrected chi connectivity index (χ0v) is 15.0. The summed E-state index contributed by atoms with van der Waals surface area (Å²) < 4.78 is 4.97. The fraction of sp³-hybridized carbons (Fsp3) is 0.250. The summed E-state index contributed by atoms with van der Waals surface area (Å²) in [6.07, 6.45) is 0.297. The number of primary amides is 1. The van der Waals surface area contributed by atoms with Gasteiger partial charge in [0.15, 0.2) is 0 Å². The van der Waals surface area contributed by atoms with Gasteiger partial charge in [-0.1, -0.05) is 24.3 Å². The first kappa shape index (κ1) is 19.2. The van der Waals surface area contributed by atoms with E-state index in [-0.39, 0.29) is 11.3 Å². The fourth-order valence-corrected chi connectivity index (χ4v) is 2.50. The van der Waals surface area contributed by atoms with Crippen LogP contribution in [0.1, 0.15) is 34.0 Å². The number of esters is 1. The van der Waals surface area contributed by atoms with Gasteiger partial charge in [-0.25, -0.2) is 0 Å². The van der Waals surface area contributed by atoms with Crippen molar-refractivity contribution in [2.45, 2.75) is 33.2 Å². The van der Waals surface area contributed by atoms with E-state index in [0.717, 1.165) is 16.7 Å². The Hall–Kier alpha value is -3.15. The Morgan fingerprint density at radius 3 is 2.42 bits per heavy atom. The predicted octanol–water partition coefficient (Wildman–Crippen LogP) is 2.06. The first-order valence-electron chi connectivity index (χ1n) is 8.21. The van der Waals surface area contributed by atoms with E-state index in [9.17, 15) is 14.4 Å². The average Bonchev–Trinajstić information content (AvgIpc) is 2.57. The van der Waals surface area contributed by atoms with Gasteiger partial charge in [0.2, 0.25) is 5.91 Å². The van der Waals surface area contributed by atoms with Crippen molar-refractivity contribution in [1.82, 2.24) is 5.32 Å². The van der Waals surface area contributed by atoms with Crippen molar-refractivity contribution in [3.8, 4) is 5.75 Å². The quantitative estimate of drug-likeness (QED) is 0.613. The number of hydrogen-bond acceptors (Lipinski definition) is 4. The van der Waals surface area contributed by atoms with Crippen LogP contribution in [0.15, 0.2) is 42.5 Å². The van der Waals surface area contributed by atoms with Crippen molar-refractivity contribution < 1.29 is 19.1 Å². The number of benzene rings is 2. The number of amides is 2. The van der Waals surface area contributed by atoms with Gasteiger partial charge in [0.05, 0.1) is 0 Å². The number of rotatable bonds is 6. The number of hydrogen-bond donors (Lipinski definition) is 2. The number of carbonyl (C=O) groups excluding carboxylic acids is 3. The molecule has 2 aromatic carbocycles. The molecule has 0 heterocycles. The minimum atomic E-state index is -0.845. The van der Waals surface area contributed by atoms with Gasteiger partial charge >= 0.3 is 5.97 Å². The lowest BCUT2D eigenvalue weighted by Crippen LogP contribution is -2.45. The van der Waals surface area contributed by atoms with Crippen molar-refractivity contribution in [2.75, 3.05) is 0 Å². The highest BCUT2D eigenvalue weighted by Crippen LogP contribution is 2.15. The number of nitrogens with two attached hydrogens (primary N) is 1. The third-order valence-corrected chi connectivity index (χ3v) is 4.02. The van der Waals surface area contributed by atoms with E-state index in [4.69, 9.17) is 10.5 Å². The monoisotopic (exact) mass is 354 g/mol. The van der Waals surface area contributed by atoms with Crippen LogP contribution in [-0.2, 0) is 16.0 Å². The molecule has 2 aromatic rings. The van der Waals surface area contributed by atoms with Gasteiger partial charge in [-0.2, -0.15) is 0 Å². The molecule has 0 aliphatic heterocycles. The van der Waals surface area contributed by atoms with Crippen molar-refractivity contribution in [1.29, 1.82) is 0 Å². The first-order valence-corrected chi connectivity index (χ1v) is 8.21. The summed E-state index contributed by atoms with van der Waals surface area (Å²) in [5, 5.41) is 2.64. The lowest BCUT2D eigenvalue weighted by molar-refractivity contribution is -0.131. The minimum Gasteiger partial charge on any atom is -0.427 e. The molecule has 0 aliphatic rings. The summed E-state index contributed by atoms with van der Waals surface area (Å²) in [5.41, 5.74) is 8.88. The van der Waals surface area contributed by atoms with Crippen molar-refractivity contribution in [2.24, 2.45) is 5.73 Å². The summed E-state index contributed by atoms with van der Waals surface area (Å²) in [6.45, 7) is 5.26. The molecular weight excluding hydrogens is 332 g/mol. The van der Waals surface area contributed by atoms with Crippen LogP contribution in [0.3, 0.4) is 0 Å². The van der Waals surface area contributed by atoms with Crippen molar-refractivity contribution >= 4 is 17.8 Å². The van der Waals surface area contributed by atoms with Crippen LogP contribution in [-0.4, -0.2) is 23.8 Å². The minimum absolute atomic E-state index is 0.259. The molecule has 6 nitrogen and oxygen atoms in total. The molecule has 0 aromatic heterocycles. The SMILES string of the molecule is CC(=O)Oc1cccc(C(=O)N[C@@H](Cc2ccc(C)c(C)c2)C(N)=O)c1. The van der Waals surface area contributed by atoms with Gasteiger partial charge < -0.3 is 15.8 Å². The Kier molecular flexibility index (Phi) is 6.11. The van der Waals surface area contributed by atoms with Crippen molar-refractivity contribution in [3.05, 3.63) is 64.7 Å². The van der Waals surface area contributed by atoms with Crippen LogP contribution in [0.25, 0.3) is 0 Å². The van der Waals surface area contributed by atoms with Crippen LogP contribution in [0.5, 0.6) is 5.75 Å². The first-order chi connectivity index (χ1) is 12.3. The molecule has 3 N–H and O–H groups in total. The van der Waals surface area contributed by atoms with E-state index >= 15 is 0 Å². The Balaban J connectivity index is 2.14. The number of nitrogens with one attached hydrogen (secondary N) is 1. The van der Waals surface area contributed by atoms with E-state index < -0.39 is 23.8 Å². The highest BCUT2D eigenvalue weighted by atomic mass is 16.5. The highest BCUT2D eigenvalue weighted by Gasteiger charge is 2.20. The second kappa shape index (κ2) is 8.29. The zero-order chi connectivity index (χ0) is 19.3. The van der Waals surface area contributed by atoms with Crippen LogP contribution < -0.4 is 15.8 Å². The summed E-state index contributed by atoms with van der Waals surface area (Å²) in [7, 11) is 0. The van der Waals surface area contributed by atoms with E-state index in [0.29, 0.717) is 6.42 Å². The lowest BCUT2D eigenvalue weighted by Gasteiger charge is -2.16. The maximum absolute atomic E-state index is 12.4. The Labute approximate surface area is 152 Å². The molecule has 2 amide bonds. The summed E-state index contributed by atoms with van der Waals surface area (Å²) in [4.78, 5) is 35.3. The van der Waals surface area contributed by atoms with Gasteiger partial charge in [-0.3, -0.25) is 14.4 Å². The molecule has 6 heteroatoms. The molecule has 0 fully saturated rings. The molecule has 136 valence electrons. The summed E-state index contributed by atoms with van der Waals surface area (Å²) in [6, 6.07) is 11.2. The maximum Gasteiger partial charge on any atom is 0.308 e. The van der Waals surface area contributed by atoms with Crippen molar-refractivity contribution in [3.63, 3.8) is 0 Å². The molecule has 1 atom stereocenters. The third-order valence-electron chi connectivity index (χ3n) is 4.02. The molecule has 0 aliphatic carbocycles. The Bertz CT molecular complexity index is 845. The molecule has 0 radical (unpaired) electrons. The smallest absolute Gasteiger partial charge is 0.308 e. The van der Waals surface area contributed by atoms with Gasteiger partial charge in [-0.15, -0.1) is 0 Å². The molecule has 0 saturated carbocycles. The standard InChI is InChI=1S/C20H22N2O4/c1-12-7-8-15(9-13(12)2)10-18(19(21)24)22-20(25)16-5-4-6-17(11-16)26-14(3)23/h4-9,11,18H,10H2,1-3H3,(H2,21,24)(H,22,25)/t18-/m0/s1. The zero-order valence-electron chi connectivity index (χ0n) is 15.0. The maximum atomic E-state index is 12.4. The third kappa shape index (κ3) is 5.17. The fourth-order valence-electron chi connectivity index (χ4n) is 2.50. The molecule has 0 bridgehead atoms. The largest absolute Gasteiger partial charge is 0.427 e. The highest BCUT2D eigenvalue weighted by molar-refractivity contribution is 5.97. The molecule has 0 unspecified atom stereocenters. The molecule has 2 rings (SSSR count). The number of aryl methyl sites for hydroxylation is 2. The number of ether oxygens (including phenoxy) is 1. The Morgan fingerprint density at radius 1 is 1.08 bits per heavy atom. The molecule has 0 saturated heterocycles. The van der Waals surface area contributed by atoms with Gasteiger partial charge in [-0.05, 0) is 48.7 Å². The molecular formula is C20H22N2O4. The second-order valence-corrected chi connectivity index (χ2v) is 6.17. The van der Waals surface area contributed by atoms with Crippen LogP contribution in [0.2, 0.25) is 0 Å². The van der Waals surface area contributed by atoms with Gasteiger partial charge in [0, 0.05) is 18.9 Å². The average molecular weight is 354 g/mol. The lowest BCUT2D eigenvalue weighted by atomic mass is 10.0. The van der Waals surface area contributed by atoms with E-state index in [2.05, 4.69) is 5.32 Å². The predicted molar refractivity (Wildman–Crippen MR) is 97.8 cm³/mol. The van der Waals surface area contributed by atoms with Crippen LogP contribution >= 0.6 is 0 Å². The van der Waals surface area contributed by atoms with Gasteiger partial charge in [0.25, 0.3) is 5.91 Å². The summed E-state index contributed by atoms with van der Waals surface area (Å²) in [5.74, 6) is -1.30. The van der Waals surface area contributed by atoms with Gasteiger partial charge in [0.1, 0.15) is 11.8 Å². The molecule has 0 spiro atoms. The Morgan fingerprint density at radius 2 is 1.81 bits per heavy atom. The topological polar surface area (TPSA) is 98.5 Å². The van der Waals surface area contributed by atoms with E-state index in [1.165, 1.54) is 13.0 Å². The van der Waals surface area contributed by atoms with E-state index in [1.54, 1.807) is 18.2 Å². The van der Waals surface area contributed by atoms with E-state index in [1.807, 2.05) is 32.0 Å². The summed E-state index contributed by atoms with van der Waals surface area (Å²) >= 11 is 0. The number of carbonyl (C=O) groups is 3. The van der Waals surface area contributed by atoms with Crippen LogP contribution in [0.4, 0.5) is 0 Å². The molecule has 26 heavy (non-hydrogen) atoms. The second-order valence-electron chi connectivity index (χ2n) is 6.17. The normalized spacial score (nSPS) is 11.5.